The van der Waals surface area contributed by atoms with Crippen LogP contribution in [-0.4, -0.2) is 30.3 Å². The van der Waals surface area contributed by atoms with Gasteiger partial charge in [-0.05, 0) is 36.5 Å². The Morgan fingerprint density at radius 1 is 1.35 bits per heavy atom. The second-order valence-corrected chi connectivity index (χ2v) is 5.29. The lowest BCUT2D eigenvalue weighted by Crippen LogP contribution is -2.27. The molecule has 0 bridgehead atoms. The fourth-order valence-electron chi connectivity index (χ4n) is 2.52. The number of aliphatic hydroxyl groups excluding tert-OH is 1. The maximum atomic E-state index is 10.6. The monoisotopic (exact) mass is 278 g/mol. The fraction of sp³-hybridized carbons (Fsp3) is 0.533. The maximum absolute atomic E-state index is 10.6. The van der Waals surface area contributed by atoms with E-state index in [1.807, 2.05) is 24.3 Å². The van der Waals surface area contributed by atoms with Crippen LogP contribution in [0.1, 0.15) is 24.8 Å². The van der Waals surface area contributed by atoms with Crippen LogP contribution in [0.3, 0.4) is 0 Å². The molecule has 20 heavy (non-hydrogen) atoms. The Labute approximate surface area is 119 Å². The van der Waals surface area contributed by atoms with Gasteiger partial charge >= 0.3 is 0 Å². The van der Waals surface area contributed by atoms with Gasteiger partial charge in [-0.25, -0.2) is 0 Å². The van der Waals surface area contributed by atoms with Gasteiger partial charge in [-0.2, -0.15) is 0 Å². The summed E-state index contributed by atoms with van der Waals surface area (Å²) < 4.78 is 5.19. The summed E-state index contributed by atoms with van der Waals surface area (Å²) in [6, 6.07) is 7.55. The lowest BCUT2D eigenvalue weighted by atomic mass is 10.1. The first kappa shape index (κ1) is 14.8. The lowest BCUT2D eigenvalue weighted by molar-refractivity contribution is -0.119. The van der Waals surface area contributed by atoms with Gasteiger partial charge in [0.2, 0.25) is 0 Å². The van der Waals surface area contributed by atoms with Crippen LogP contribution < -0.4 is 15.8 Å². The molecule has 1 aliphatic carbocycles. The number of carbonyl (C=O) groups excluding carboxylic acids is 1. The summed E-state index contributed by atoms with van der Waals surface area (Å²) in [5.74, 6) is 0.540. The summed E-state index contributed by atoms with van der Waals surface area (Å²) in [6.07, 6.45) is 3.01. The average molecular weight is 278 g/mol. The molecule has 5 heteroatoms. The molecule has 0 heterocycles. The van der Waals surface area contributed by atoms with Crippen molar-refractivity contribution in [3.05, 3.63) is 29.8 Å². The Hall–Kier alpha value is -1.59. The second-order valence-electron chi connectivity index (χ2n) is 5.29. The first-order valence-corrected chi connectivity index (χ1v) is 7.04. The summed E-state index contributed by atoms with van der Waals surface area (Å²) in [6.45, 7) is 1.51. The van der Waals surface area contributed by atoms with E-state index in [0.29, 0.717) is 11.7 Å². The Kier molecular flexibility index (Phi) is 5.38. The molecule has 2 atom stereocenters. The average Bonchev–Trinajstić information content (AvgIpc) is 2.83. The number of nitrogens with one attached hydrogen (secondary N) is 1. The first-order chi connectivity index (χ1) is 9.65. The van der Waals surface area contributed by atoms with Gasteiger partial charge in [0.1, 0.15) is 5.75 Å². The van der Waals surface area contributed by atoms with Gasteiger partial charge < -0.3 is 20.9 Å². The van der Waals surface area contributed by atoms with E-state index in [1.54, 1.807) is 0 Å². The number of rotatable bonds is 7. The van der Waals surface area contributed by atoms with Crippen molar-refractivity contribution in [1.29, 1.82) is 0 Å². The van der Waals surface area contributed by atoms with Gasteiger partial charge in [-0.3, -0.25) is 4.79 Å². The Morgan fingerprint density at radius 3 is 2.70 bits per heavy atom. The predicted molar refractivity (Wildman–Crippen MR) is 76.2 cm³/mol. The van der Waals surface area contributed by atoms with Crippen LogP contribution in [0.25, 0.3) is 0 Å². The third-order valence-electron chi connectivity index (χ3n) is 3.66. The summed E-state index contributed by atoms with van der Waals surface area (Å²) in [5.41, 5.74) is 6.15. The summed E-state index contributed by atoms with van der Waals surface area (Å²) in [7, 11) is 0. The number of amides is 1. The molecule has 0 aliphatic heterocycles. The number of carbonyl (C=O) groups is 1. The van der Waals surface area contributed by atoms with Crippen LogP contribution in [0, 0.1) is 5.92 Å². The SMILES string of the molecule is NC(=O)COc1ccc(CNCC2CCCC2O)cc1. The summed E-state index contributed by atoms with van der Waals surface area (Å²) in [5, 5.41) is 13.1. The van der Waals surface area contributed by atoms with Crippen LogP contribution in [0.15, 0.2) is 24.3 Å². The van der Waals surface area contributed by atoms with Gasteiger partial charge in [0, 0.05) is 13.1 Å². The predicted octanol–water partition coefficient (Wildman–Crippen LogP) is 0.801. The van der Waals surface area contributed by atoms with Crippen LogP contribution in [0.4, 0.5) is 0 Å². The number of aliphatic hydroxyl groups is 1. The minimum absolute atomic E-state index is 0.100. The molecule has 0 aromatic heterocycles. The molecular formula is C15H22N2O3. The molecule has 1 aromatic rings. The van der Waals surface area contributed by atoms with E-state index in [2.05, 4.69) is 5.32 Å². The van der Waals surface area contributed by atoms with Crippen molar-refractivity contribution in [1.82, 2.24) is 5.32 Å². The highest BCUT2D eigenvalue weighted by molar-refractivity contribution is 5.75. The number of hydrogen-bond acceptors (Lipinski definition) is 4. The Morgan fingerprint density at radius 2 is 2.10 bits per heavy atom. The molecule has 2 unspecified atom stereocenters. The molecule has 1 saturated carbocycles. The third kappa shape index (κ3) is 4.51. The smallest absolute Gasteiger partial charge is 0.255 e. The molecule has 0 radical (unpaired) electrons. The molecule has 2 rings (SSSR count). The molecule has 1 aliphatic rings. The van der Waals surface area contributed by atoms with E-state index in [-0.39, 0.29) is 12.7 Å². The number of hydrogen-bond donors (Lipinski definition) is 3. The largest absolute Gasteiger partial charge is 0.484 e. The first-order valence-electron chi connectivity index (χ1n) is 7.04. The van der Waals surface area contributed by atoms with Gasteiger partial charge in [0.15, 0.2) is 6.61 Å². The zero-order valence-corrected chi connectivity index (χ0v) is 11.5. The van der Waals surface area contributed by atoms with E-state index in [0.717, 1.165) is 37.9 Å². The van der Waals surface area contributed by atoms with Gasteiger partial charge in [0.05, 0.1) is 6.10 Å². The second kappa shape index (κ2) is 7.26. The highest BCUT2D eigenvalue weighted by Crippen LogP contribution is 2.24. The minimum Gasteiger partial charge on any atom is -0.484 e. The Balaban J connectivity index is 1.72. The normalized spacial score (nSPS) is 21.9. The van der Waals surface area contributed by atoms with Gasteiger partial charge in [-0.15, -0.1) is 0 Å². The van der Waals surface area contributed by atoms with Gasteiger partial charge in [0.25, 0.3) is 5.91 Å². The van der Waals surface area contributed by atoms with Crippen LogP contribution in [-0.2, 0) is 11.3 Å². The van der Waals surface area contributed by atoms with E-state index >= 15 is 0 Å². The highest BCUT2D eigenvalue weighted by Gasteiger charge is 2.24. The molecule has 1 fully saturated rings. The van der Waals surface area contributed by atoms with Crippen LogP contribution >= 0.6 is 0 Å². The molecule has 4 N–H and O–H groups in total. The van der Waals surface area contributed by atoms with Crippen molar-refractivity contribution < 1.29 is 14.6 Å². The number of benzene rings is 1. The topological polar surface area (TPSA) is 84.6 Å². The van der Waals surface area contributed by atoms with Crippen molar-refractivity contribution in [2.75, 3.05) is 13.2 Å². The lowest BCUT2D eigenvalue weighted by Gasteiger charge is -2.15. The van der Waals surface area contributed by atoms with E-state index in [1.165, 1.54) is 0 Å². The quantitative estimate of drug-likeness (QED) is 0.689. The van der Waals surface area contributed by atoms with Crippen molar-refractivity contribution in [3.8, 4) is 5.75 Å². The number of primary amides is 1. The molecule has 1 aromatic carbocycles. The summed E-state index contributed by atoms with van der Waals surface area (Å²) in [4.78, 5) is 10.6. The van der Waals surface area contributed by atoms with Crippen molar-refractivity contribution in [2.24, 2.45) is 11.7 Å². The van der Waals surface area contributed by atoms with E-state index in [9.17, 15) is 9.90 Å². The van der Waals surface area contributed by atoms with Crippen molar-refractivity contribution >= 4 is 5.91 Å². The molecule has 110 valence electrons. The molecule has 0 spiro atoms. The zero-order valence-electron chi connectivity index (χ0n) is 11.5. The van der Waals surface area contributed by atoms with E-state index < -0.39 is 5.91 Å². The van der Waals surface area contributed by atoms with Crippen molar-refractivity contribution in [3.63, 3.8) is 0 Å². The molecule has 1 amide bonds. The molecule has 5 nitrogen and oxygen atoms in total. The Bertz CT molecular complexity index is 433. The zero-order chi connectivity index (χ0) is 14.4. The number of nitrogens with two attached hydrogens (primary N) is 1. The molecular weight excluding hydrogens is 256 g/mol. The summed E-state index contributed by atoms with van der Waals surface area (Å²) >= 11 is 0. The minimum atomic E-state index is -0.481. The standard InChI is InChI=1S/C15H22N2O3/c16-15(19)10-20-13-6-4-11(5-7-13)8-17-9-12-2-1-3-14(12)18/h4-7,12,14,17-18H,1-3,8-10H2,(H2,16,19). The molecule has 0 saturated heterocycles. The van der Waals surface area contributed by atoms with Crippen LogP contribution in [0.2, 0.25) is 0 Å². The van der Waals surface area contributed by atoms with E-state index in [4.69, 9.17) is 10.5 Å². The van der Waals surface area contributed by atoms with Gasteiger partial charge in [-0.1, -0.05) is 18.6 Å². The maximum Gasteiger partial charge on any atom is 0.255 e. The third-order valence-corrected chi connectivity index (χ3v) is 3.66. The number of ether oxygens (including phenoxy) is 1. The van der Waals surface area contributed by atoms with Crippen LogP contribution in [0.5, 0.6) is 5.75 Å². The highest BCUT2D eigenvalue weighted by atomic mass is 16.5. The van der Waals surface area contributed by atoms with Crippen molar-refractivity contribution in [2.45, 2.75) is 31.9 Å². The fourth-order valence-corrected chi connectivity index (χ4v) is 2.52.